The number of rotatable bonds is 32. The van der Waals surface area contributed by atoms with E-state index in [1.807, 2.05) is 18.0 Å². The van der Waals surface area contributed by atoms with Crippen LogP contribution in [0.2, 0.25) is 0 Å². The Bertz CT molecular complexity index is 3000. The van der Waals surface area contributed by atoms with Gasteiger partial charge >= 0.3 is 12.0 Å². The summed E-state index contributed by atoms with van der Waals surface area (Å²) in [5.41, 5.74) is 11.1. The van der Waals surface area contributed by atoms with Crippen molar-refractivity contribution >= 4 is 52.7 Å². The normalized spacial score (nSPS) is 17.8. The predicted molar refractivity (Wildman–Crippen MR) is 298 cm³/mol. The molecule has 28 heteroatoms. The Balaban J connectivity index is 0.657. The van der Waals surface area contributed by atoms with Crippen molar-refractivity contribution in [2.24, 2.45) is 10.5 Å². The van der Waals surface area contributed by atoms with Gasteiger partial charge in [-0.05, 0) is 73.4 Å². The molecule has 0 saturated carbocycles. The molecule has 432 valence electrons. The van der Waals surface area contributed by atoms with Crippen molar-refractivity contribution in [3.8, 4) is 23.0 Å². The van der Waals surface area contributed by atoms with Gasteiger partial charge in [0.1, 0.15) is 23.0 Å². The number of thiocarbonyl (C=S) groups is 1. The Morgan fingerprint density at radius 1 is 0.840 bits per heavy atom. The number of urea groups is 1. The van der Waals surface area contributed by atoms with Crippen LogP contribution in [0.15, 0.2) is 72.1 Å². The highest BCUT2D eigenvalue weighted by Gasteiger charge is 2.54. The number of aliphatic hydroxyl groups is 1. The first-order chi connectivity index (χ1) is 39.4. The smallest absolute Gasteiger partial charge is 0.340 e. The number of unbranched alkanes of at least 4 members (excludes halogenated alkanes) is 1. The van der Waals surface area contributed by atoms with Crippen molar-refractivity contribution in [1.82, 2.24) is 51.3 Å². The number of nitrogens with one attached hydrogen (secondary N) is 5. The number of fused-ring (bicyclic) bond motifs is 7. The Labute approximate surface area is 475 Å². The first-order valence-corrected chi connectivity index (χ1v) is 28.3. The maximum absolute atomic E-state index is 13.5. The minimum atomic E-state index is -1.37. The number of thioether (sulfide) groups is 1. The zero-order valence-corrected chi connectivity index (χ0v) is 46.1. The second kappa shape index (κ2) is 27.9. The number of hydrogen-bond acceptors (Lipinski definition) is 19. The molecule has 6 heterocycles. The fourth-order valence-corrected chi connectivity index (χ4v) is 12.1. The first-order valence-electron chi connectivity index (χ1n) is 26.9. The monoisotopic (exact) mass is 1150 g/mol. The number of ether oxygens (including phenoxy) is 6. The average molecular weight is 1160 g/mol. The highest BCUT2D eigenvalue weighted by molar-refractivity contribution is 8.00. The Morgan fingerprint density at radius 2 is 1.49 bits per heavy atom. The lowest BCUT2D eigenvalue weighted by Crippen LogP contribution is -2.36. The molecule has 1 spiro atoms. The fourth-order valence-electron chi connectivity index (χ4n) is 10.4. The molecule has 3 amide bonds. The lowest BCUT2D eigenvalue weighted by atomic mass is 9.77. The van der Waals surface area contributed by atoms with Crippen molar-refractivity contribution in [2.75, 3.05) is 90.2 Å². The number of benzene rings is 3. The number of azide groups is 1. The van der Waals surface area contributed by atoms with Gasteiger partial charge in [-0.2, -0.15) is 11.8 Å². The van der Waals surface area contributed by atoms with Gasteiger partial charge in [-0.15, -0.1) is 10.2 Å². The van der Waals surface area contributed by atoms with Crippen LogP contribution in [0.5, 0.6) is 23.0 Å². The van der Waals surface area contributed by atoms with Crippen molar-refractivity contribution in [3.05, 3.63) is 111 Å². The van der Waals surface area contributed by atoms with E-state index in [2.05, 4.69) is 57.2 Å². The molecule has 8 N–H and O–H groups in total. The van der Waals surface area contributed by atoms with E-state index in [-0.39, 0.29) is 68.5 Å². The summed E-state index contributed by atoms with van der Waals surface area (Å²) in [6.45, 7) is 4.13. The van der Waals surface area contributed by atoms with Crippen molar-refractivity contribution in [1.29, 1.82) is 0 Å². The lowest BCUT2D eigenvalue weighted by Gasteiger charge is -2.36. The number of hydrogen-bond donors (Lipinski definition) is 8. The third-order valence-corrected chi connectivity index (χ3v) is 15.9. The van der Waals surface area contributed by atoms with Crippen molar-refractivity contribution in [3.63, 3.8) is 0 Å². The number of aryl methyl sites for hydroxylation is 1. The number of phenolic OH excluding ortho intramolecular Hbond substituents is 2. The van der Waals surface area contributed by atoms with Crippen LogP contribution in [0.3, 0.4) is 0 Å². The third-order valence-electron chi connectivity index (χ3n) is 14.1. The first kappa shape index (κ1) is 58.4. The number of aromatic nitrogens is 6. The number of carbonyl (C=O) groups excluding carboxylic acids is 3. The molecule has 81 heavy (non-hydrogen) atoms. The molecule has 0 aliphatic carbocycles. The molecule has 4 atom stereocenters. The number of phenols is 2. The Hall–Kier alpha value is -7.30. The van der Waals surface area contributed by atoms with E-state index >= 15 is 0 Å². The minimum Gasteiger partial charge on any atom is -0.508 e. The summed E-state index contributed by atoms with van der Waals surface area (Å²) in [6.07, 6.45) is 7.83. The number of anilines is 1. The molecular formula is C53H66N14O12S2. The summed E-state index contributed by atoms with van der Waals surface area (Å²) in [5.74, 6) is 0.848. The predicted octanol–water partition coefficient (Wildman–Crippen LogP) is 4.21. The van der Waals surface area contributed by atoms with E-state index in [0.29, 0.717) is 146 Å². The van der Waals surface area contributed by atoms with Crippen LogP contribution in [0.25, 0.3) is 10.4 Å². The minimum absolute atomic E-state index is 0.0156. The number of amides is 3. The molecular weight excluding hydrogens is 1090 g/mol. The highest BCUT2D eigenvalue weighted by Crippen LogP contribution is 2.57. The van der Waals surface area contributed by atoms with Gasteiger partial charge in [0.2, 0.25) is 5.91 Å². The SMILES string of the molecule is [N-]=[N+]=NCC(COCCOCCOCCOCCNC(=S)Nc1ccc2c(c1)C(=O)OC21c2ccc(O)cc2Oc2cc(O)ccc21)(Cc1cn(CCCO)nn1)Cc1cn(CCNC(=O)CCCC[C@@H]2SC[C@@H]3NC(=O)N[C@@H]32)nn1. The van der Waals surface area contributed by atoms with E-state index in [1.165, 1.54) is 24.3 Å². The maximum Gasteiger partial charge on any atom is 0.340 e. The number of aromatic hydroxyl groups is 2. The summed E-state index contributed by atoms with van der Waals surface area (Å²) in [4.78, 5) is 40.9. The number of carbonyl (C=O) groups is 3. The molecule has 0 bridgehead atoms. The van der Waals surface area contributed by atoms with Crippen LogP contribution in [-0.2, 0) is 60.0 Å². The molecule has 2 aromatic heterocycles. The van der Waals surface area contributed by atoms with Crippen LogP contribution < -0.4 is 31.3 Å². The van der Waals surface area contributed by atoms with Crippen LogP contribution in [0, 0.1) is 5.41 Å². The largest absolute Gasteiger partial charge is 0.508 e. The molecule has 1 unspecified atom stereocenters. The fraction of sp³-hybridized carbons (Fsp3) is 0.509. The van der Waals surface area contributed by atoms with E-state index in [0.717, 1.165) is 25.0 Å². The Morgan fingerprint density at radius 3 is 2.17 bits per heavy atom. The van der Waals surface area contributed by atoms with Crippen LogP contribution >= 0.6 is 24.0 Å². The van der Waals surface area contributed by atoms with E-state index in [1.54, 1.807) is 45.9 Å². The van der Waals surface area contributed by atoms with Gasteiger partial charge in [0, 0.05) is 120 Å². The highest BCUT2D eigenvalue weighted by atomic mass is 32.2. The van der Waals surface area contributed by atoms with E-state index < -0.39 is 17.0 Å². The van der Waals surface area contributed by atoms with Gasteiger partial charge in [0.15, 0.2) is 10.7 Å². The van der Waals surface area contributed by atoms with Crippen LogP contribution in [0.4, 0.5) is 10.5 Å². The van der Waals surface area contributed by atoms with Crippen molar-refractivity contribution in [2.45, 2.75) is 81.0 Å². The number of aliphatic hydroxyl groups excluding tert-OH is 1. The van der Waals surface area contributed by atoms with Gasteiger partial charge in [-0.1, -0.05) is 28.0 Å². The molecule has 2 saturated heterocycles. The average Bonchev–Trinajstić information content (AvgIpc) is 4.40. The quantitative estimate of drug-likeness (QED) is 0.00569. The lowest BCUT2D eigenvalue weighted by molar-refractivity contribution is -0.121. The summed E-state index contributed by atoms with van der Waals surface area (Å²) in [7, 11) is 0. The third kappa shape index (κ3) is 15.0. The van der Waals surface area contributed by atoms with E-state index in [4.69, 9.17) is 40.6 Å². The molecule has 26 nitrogen and oxygen atoms in total. The van der Waals surface area contributed by atoms with Gasteiger partial charge < -0.3 is 70.3 Å². The zero-order chi connectivity index (χ0) is 56.6. The molecule has 4 aliphatic heterocycles. The maximum atomic E-state index is 13.5. The summed E-state index contributed by atoms with van der Waals surface area (Å²) in [6, 6.07) is 14.7. The summed E-state index contributed by atoms with van der Waals surface area (Å²) < 4.78 is 38.9. The summed E-state index contributed by atoms with van der Waals surface area (Å²) >= 11 is 7.39. The zero-order valence-electron chi connectivity index (χ0n) is 44.5. The Kier molecular flexibility index (Phi) is 20.1. The van der Waals surface area contributed by atoms with E-state index in [9.17, 15) is 35.2 Å². The number of nitrogens with zero attached hydrogens (tertiary/aromatic N) is 9. The van der Waals surface area contributed by atoms with Crippen LogP contribution in [0.1, 0.15) is 70.5 Å². The molecule has 9 rings (SSSR count). The summed E-state index contributed by atoms with van der Waals surface area (Å²) in [5, 5.41) is 66.8. The van der Waals surface area contributed by atoms with Crippen molar-refractivity contribution < 1.29 is 58.1 Å². The molecule has 0 radical (unpaired) electrons. The molecule has 5 aromatic rings. The molecule has 3 aromatic carbocycles. The second-order valence-corrected chi connectivity index (χ2v) is 21.7. The standard InChI is InChI=1S/C53H66N14O12S2/c54-63-57-32-52(27-35-29-66(64-61-35)14-3-16-68,28-36-30-67(65-62-36)15-12-55-47(71)5-2-1-4-46-48-43(31-81-46)59-50(73)60-48)33-77-23-22-76-21-20-75-19-18-74-17-13-56-51(80)58-34-6-9-40-39(24-34)49(72)79-53(40)41-10-7-37(69)25-44(41)78-45-26-38(70)8-11-42(45)53/h6-11,24-26,29-30,43,46,48,68-70H,1-5,12-23,27-28,31-33H2,(H,55,71)(H2,56,58,80)(H2,59,60,73)/t43-,46-,48-,52?/m0/s1. The van der Waals surface area contributed by atoms with Gasteiger partial charge in [0.05, 0.1) is 88.4 Å². The number of esters is 1. The molecule has 2 fully saturated rings. The van der Waals surface area contributed by atoms with Gasteiger partial charge in [0.25, 0.3) is 0 Å². The van der Waals surface area contributed by atoms with Gasteiger partial charge in [-0.25, -0.2) is 9.59 Å². The van der Waals surface area contributed by atoms with Crippen LogP contribution in [-0.4, -0.2) is 171 Å². The topological polar surface area (TPSA) is 338 Å². The van der Waals surface area contributed by atoms with Gasteiger partial charge in [-0.3, -0.25) is 14.2 Å². The second-order valence-electron chi connectivity index (χ2n) is 20.0. The molecule has 4 aliphatic rings.